The van der Waals surface area contributed by atoms with Crippen molar-refractivity contribution in [1.29, 1.82) is 0 Å². The molecule has 0 aromatic carbocycles. The van der Waals surface area contributed by atoms with Crippen LogP contribution in [0.3, 0.4) is 0 Å². The van der Waals surface area contributed by atoms with E-state index < -0.39 is 0 Å². The third-order valence-corrected chi connectivity index (χ3v) is 6.12. The second-order valence-corrected chi connectivity index (χ2v) is 7.78. The van der Waals surface area contributed by atoms with Crippen LogP contribution in [0, 0.1) is 11.8 Å². The monoisotopic (exact) mass is 307 g/mol. The van der Waals surface area contributed by atoms with Crippen LogP contribution < -0.4 is 5.32 Å². The van der Waals surface area contributed by atoms with Crippen LogP contribution in [0.15, 0.2) is 34.9 Å². The number of furan rings is 1. The first-order chi connectivity index (χ1) is 9.79. The third-order valence-electron chi connectivity index (χ3n) is 4.83. The summed E-state index contributed by atoms with van der Waals surface area (Å²) >= 11 is 7.75. The molecule has 2 bridgehead atoms. The van der Waals surface area contributed by atoms with Gasteiger partial charge in [-0.15, -0.1) is 11.3 Å². The van der Waals surface area contributed by atoms with Crippen molar-refractivity contribution >= 4 is 22.9 Å². The van der Waals surface area contributed by atoms with Crippen LogP contribution in [-0.4, -0.2) is 6.04 Å². The molecule has 2 nitrogen and oxygen atoms in total. The number of nitrogens with one attached hydrogen (secondary N) is 1. The molecule has 2 aromatic heterocycles. The predicted octanol–water partition coefficient (Wildman–Crippen LogP) is 4.86. The molecular formula is C16H18ClNOS. The fourth-order valence-corrected chi connectivity index (χ4v) is 5.04. The average Bonchev–Trinajstić information content (AvgIpc) is 3.20. The van der Waals surface area contributed by atoms with Crippen LogP contribution in [0.2, 0.25) is 4.34 Å². The number of halogens is 1. The predicted molar refractivity (Wildman–Crippen MR) is 82.3 cm³/mol. The average molecular weight is 308 g/mol. The second-order valence-electron chi connectivity index (χ2n) is 6.04. The Kier molecular flexibility index (Phi) is 3.37. The largest absolute Gasteiger partial charge is 0.467 e. The van der Waals surface area contributed by atoms with Crippen molar-refractivity contribution < 1.29 is 4.42 Å². The highest BCUT2D eigenvalue weighted by molar-refractivity contribution is 7.16. The van der Waals surface area contributed by atoms with E-state index in [2.05, 4.69) is 17.4 Å². The molecule has 2 aromatic rings. The number of hydrogen-bond donors (Lipinski definition) is 1. The zero-order valence-corrected chi connectivity index (χ0v) is 12.8. The van der Waals surface area contributed by atoms with E-state index in [0.29, 0.717) is 6.04 Å². The molecule has 4 atom stereocenters. The topological polar surface area (TPSA) is 25.2 Å². The zero-order valence-electron chi connectivity index (χ0n) is 11.2. The summed E-state index contributed by atoms with van der Waals surface area (Å²) < 4.78 is 6.49. The lowest BCUT2D eigenvalue weighted by atomic mass is 9.94. The van der Waals surface area contributed by atoms with E-state index in [-0.39, 0.29) is 6.04 Å². The Bertz CT molecular complexity index is 579. The SMILES string of the molecule is Clc1ccc(C(NC2CC3CCC2C3)c2ccco2)s1. The molecule has 2 aliphatic rings. The van der Waals surface area contributed by atoms with E-state index >= 15 is 0 Å². The lowest BCUT2D eigenvalue weighted by Gasteiger charge is -2.27. The Morgan fingerprint density at radius 2 is 2.20 bits per heavy atom. The summed E-state index contributed by atoms with van der Waals surface area (Å²) in [5.74, 6) is 2.79. The minimum Gasteiger partial charge on any atom is -0.467 e. The minimum absolute atomic E-state index is 0.145. The molecule has 20 heavy (non-hydrogen) atoms. The number of thiophene rings is 1. The Morgan fingerprint density at radius 3 is 2.80 bits per heavy atom. The van der Waals surface area contributed by atoms with Crippen molar-refractivity contribution in [3.63, 3.8) is 0 Å². The van der Waals surface area contributed by atoms with Gasteiger partial charge in [-0.05, 0) is 55.4 Å². The van der Waals surface area contributed by atoms with Crippen LogP contribution in [0.5, 0.6) is 0 Å². The number of fused-ring (bicyclic) bond motifs is 2. The van der Waals surface area contributed by atoms with Gasteiger partial charge in [0.2, 0.25) is 0 Å². The molecule has 2 aliphatic carbocycles. The Morgan fingerprint density at radius 1 is 1.25 bits per heavy atom. The molecule has 4 rings (SSSR count). The van der Waals surface area contributed by atoms with Crippen molar-refractivity contribution in [2.45, 2.75) is 37.8 Å². The molecular weight excluding hydrogens is 290 g/mol. The molecule has 4 unspecified atom stereocenters. The lowest BCUT2D eigenvalue weighted by molar-refractivity contribution is 0.318. The van der Waals surface area contributed by atoms with Gasteiger partial charge in [0.05, 0.1) is 10.6 Å². The van der Waals surface area contributed by atoms with E-state index in [1.807, 2.05) is 12.1 Å². The summed E-state index contributed by atoms with van der Waals surface area (Å²) in [6.45, 7) is 0. The van der Waals surface area contributed by atoms with Gasteiger partial charge in [0, 0.05) is 10.9 Å². The maximum atomic E-state index is 6.11. The third kappa shape index (κ3) is 2.32. The fourth-order valence-electron chi connectivity index (χ4n) is 3.91. The van der Waals surface area contributed by atoms with E-state index in [0.717, 1.165) is 21.9 Å². The van der Waals surface area contributed by atoms with Gasteiger partial charge in [0.15, 0.2) is 0 Å². The van der Waals surface area contributed by atoms with Crippen molar-refractivity contribution in [2.24, 2.45) is 11.8 Å². The van der Waals surface area contributed by atoms with E-state index in [9.17, 15) is 0 Å². The number of hydrogen-bond acceptors (Lipinski definition) is 3. The summed E-state index contributed by atoms with van der Waals surface area (Å²) in [6.07, 6.45) is 7.30. The van der Waals surface area contributed by atoms with Crippen LogP contribution in [0.25, 0.3) is 0 Å². The van der Waals surface area contributed by atoms with Crippen molar-refractivity contribution in [1.82, 2.24) is 5.32 Å². The van der Waals surface area contributed by atoms with Crippen LogP contribution in [-0.2, 0) is 0 Å². The van der Waals surface area contributed by atoms with E-state index in [1.54, 1.807) is 17.6 Å². The van der Waals surface area contributed by atoms with Crippen molar-refractivity contribution in [2.75, 3.05) is 0 Å². The smallest absolute Gasteiger partial charge is 0.126 e. The Balaban J connectivity index is 1.59. The molecule has 106 valence electrons. The molecule has 0 spiro atoms. The molecule has 0 saturated heterocycles. The normalized spacial score (nSPS) is 29.9. The summed E-state index contributed by atoms with van der Waals surface area (Å²) in [7, 11) is 0. The van der Waals surface area contributed by atoms with E-state index in [4.69, 9.17) is 16.0 Å². The van der Waals surface area contributed by atoms with Crippen LogP contribution in [0.1, 0.15) is 42.4 Å². The van der Waals surface area contributed by atoms with Crippen molar-refractivity contribution in [3.8, 4) is 0 Å². The van der Waals surface area contributed by atoms with Crippen molar-refractivity contribution in [3.05, 3.63) is 45.5 Å². The van der Waals surface area contributed by atoms with Gasteiger partial charge in [-0.1, -0.05) is 18.0 Å². The first-order valence-corrected chi connectivity index (χ1v) is 8.54. The quantitative estimate of drug-likeness (QED) is 0.872. The first-order valence-electron chi connectivity index (χ1n) is 7.34. The summed E-state index contributed by atoms with van der Waals surface area (Å²) in [4.78, 5) is 1.24. The molecule has 2 heterocycles. The van der Waals surface area contributed by atoms with Gasteiger partial charge in [-0.25, -0.2) is 0 Å². The molecule has 0 radical (unpaired) electrons. The minimum atomic E-state index is 0.145. The van der Waals surface area contributed by atoms with Crippen LogP contribution >= 0.6 is 22.9 Å². The van der Waals surface area contributed by atoms with E-state index in [1.165, 1.54) is 30.6 Å². The fraction of sp³-hybridized carbons (Fsp3) is 0.500. The number of rotatable bonds is 4. The maximum absolute atomic E-state index is 6.11. The highest BCUT2D eigenvalue weighted by Gasteiger charge is 2.40. The highest BCUT2D eigenvalue weighted by Crippen LogP contribution is 2.45. The Hall–Kier alpha value is -0.770. The summed E-state index contributed by atoms with van der Waals surface area (Å²) in [5.41, 5.74) is 0. The van der Waals surface area contributed by atoms with Gasteiger partial charge in [-0.2, -0.15) is 0 Å². The summed E-state index contributed by atoms with van der Waals surface area (Å²) in [5, 5.41) is 3.84. The Labute approximate surface area is 128 Å². The standard InChI is InChI=1S/C16H18ClNOS/c17-15-6-5-14(20-15)16(13-2-1-7-19-13)18-12-9-10-3-4-11(12)8-10/h1-2,5-7,10-12,16,18H,3-4,8-9H2. The van der Waals surface area contributed by atoms with Gasteiger partial charge >= 0.3 is 0 Å². The molecule has 0 amide bonds. The maximum Gasteiger partial charge on any atom is 0.126 e. The molecule has 0 aliphatic heterocycles. The van der Waals surface area contributed by atoms with Gasteiger partial charge in [0.25, 0.3) is 0 Å². The summed E-state index contributed by atoms with van der Waals surface area (Å²) in [6, 6.07) is 8.87. The lowest BCUT2D eigenvalue weighted by Crippen LogP contribution is -2.36. The molecule has 2 fully saturated rings. The van der Waals surface area contributed by atoms with Crippen LogP contribution in [0.4, 0.5) is 0 Å². The first kappa shape index (κ1) is 12.9. The molecule has 2 saturated carbocycles. The molecule has 4 heteroatoms. The van der Waals surface area contributed by atoms with Gasteiger partial charge in [0.1, 0.15) is 11.8 Å². The van der Waals surface area contributed by atoms with Gasteiger partial charge in [-0.3, -0.25) is 5.32 Å². The molecule has 1 N–H and O–H groups in total. The second kappa shape index (κ2) is 5.21. The van der Waals surface area contributed by atoms with Gasteiger partial charge < -0.3 is 4.42 Å². The zero-order chi connectivity index (χ0) is 13.5. The highest BCUT2D eigenvalue weighted by atomic mass is 35.5.